The van der Waals surface area contributed by atoms with Crippen molar-refractivity contribution in [2.45, 2.75) is 70.5 Å². The van der Waals surface area contributed by atoms with Gasteiger partial charge in [-0.1, -0.05) is 12.1 Å². The van der Waals surface area contributed by atoms with Crippen LogP contribution in [0.15, 0.2) is 41.3 Å². The lowest BCUT2D eigenvalue weighted by Gasteiger charge is -2.46. The van der Waals surface area contributed by atoms with Gasteiger partial charge in [0.05, 0.1) is 11.1 Å². The largest absolute Gasteiger partial charge is 0.451 e. The number of nitrogens with zero attached hydrogens (tertiary/aromatic N) is 2. The molecule has 2 saturated heterocycles. The van der Waals surface area contributed by atoms with E-state index < -0.39 is 17.2 Å². The van der Waals surface area contributed by atoms with Crippen LogP contribution in [-0.4, -0.2) is 58.7 Å². The van der Waals surface area contributed by atoms with Gasteiger partial charge in [-0.05, 0) is 84.7 Å². The number of nitrogens with one attached hydrogen (secondary N) is 3. The fourth-order valence-electron chi connectivity index (χ4n) is 6.93. The smallest absolute Gasteiger partial charge is 0.257 e. The summed E-state index contributed by atoms with van der Waals surface area (Å²) in [7, 11) is 0. The Morgan fingerprint density at radius 3 is 2.55 bits per heavy atom. The average Bonchev–Trinajstić information content (AvgIpc) is 3.38. The number of carbonyl (C=O) groups excluding carboxylic acids is 1. The first kappa shape index (κ1) is 26.8. The molecule has 0 spiro atoms. The lowest BCUT2D eigenvalue weighted by molar-refractivity contribution is 0.0871. The molecule has 0 bridgehead atoms. The van der Waals surface area contributed by atoms with Gasteiger partial charge in [-0.15, -0.1) is 0 Å². The van der Waals surface area contributed by atoms with Gasteiger partial charge in [0.1, 0.15) is 16.8 Å². The summed E-state index contributed by atoms with van der Waals surface area (Å²) < 4.78 is 23.7. The van der Waals surface area contributed by atoms with Gasteiger partial charge in [-0.2, -0.15) is 0 Å². The van der Waals surface area contributed by atoms with Gasteiger partial charge in [0.15, 0.2) is 17.3 Å². The number of pyridine rings is 1. The molecule has 2 fully saturated rings. The lowest BCUT2D eigenvalue weighted by atomic mass is 9.79. The molecule has 8 nitrogen and oxygen atoms in total. The quantitative estimate of drug-likeness (QED) is 0.322. The van der Waals surface area contributed by atoms with Crippen LogP contribution in [0.5, 0.6) is 11.5 Å². The molecule has 212 valence electrons. The SMILES string of the molecule is CC1(C)CC(NC(=O)c2cn3c4c(c(NCCN5CCCC5)c(F)cc4c2=O)Oc2ccccc2-3)CC(C)(C)N1. The number of fused-ring (bicyclic) bond motifs is 2. The van der Waals surface area contributed by atoms with Gasteiger partial charge in [0.2, 0.25) is 5.43 Å². The summed E-state index contributed by atoms with van der Waals surface area (Å²) in [4.78, 5) is 29.7. The van der Waals surface area contributed by atoms with E-state index in [9.17, 15) is 9.59 Å². The van der Waals surface area contributed by atoms with E-state index in [4.69, 9.17) is 4.74 Å². The number of aromatic nitrogens is 1. The van der Waals surface area contributed by atoms with Crippen LogP contribution in [0.2, 0.25) is 0 Å². The normalized spacial score (nSPS) is 19.7. The van der Waals surface area contributed by atoms with Crippen LogP contribution in [0.3, 0.4) is 0 Å². The number of rotatable bonds is 6. The van der Waals surface area contributed by atoms with Crippen LogP contribution in [0.1, 0.15) is 63.7 Å². The first-order valence-electron chi connectivity index (χ1n) is 14.3. The molecule has 0 atom stereocenters. The van der Waals surface area contributed by atoms with Crippen molar-refractivity contribution in [3.8, 4) is 17.2 Å². The standard InChI is InChI=1S/C31H38FN5O3/c1-30(2)16-19(17-31(3,4)35-30)34-29(39)21-18-37-23-9-5-6-10-24(23)40-28-25(33-11-14-36-12-7-8-13-36)22(32)15-20(26(28)37)27(21)38/h5-6,9-10,15,18-19,33,35H,7-8,11-14,16-17H2,1-4H3,(H,34,39). The molecule has 1 amide bonds. The molecule has 0 unspecified atom stereocenters. The second kappa shape index (κ2) is 9.89. The van der Waals surface area contributed by atoms with Crippen molar-refractivity contribution in [2.24, 2.45) is 0 Å². The number of para-hydroxylation sites is 2. The topological polar surface area (TPSA) is 87.6 Å². The van der Waals surface area contributed by atoms with Gasteiger partial charge in [0.25, 0.3) is 5.91 Å². The maximum absolute atomic E-state index is 15.6. The third-order valence-electron chi connectivity index (χ3n) is 8.23. The maximum atomic E-state index is 15.6. The first-order chi connectivity index (χ1) is 19.0. The second-order valence-corrected chi connectivity index (χ2v) is 12.7. The number of benzene rings is 2. The van der Waals surface area contributed by atoms with Gasteiger partial charge in [-0.3, -0.25) is 9.59 Å². The first-order valence-corrected chi connectivity index (χ1v) is 14.3. The minimum Gasteiger partial charge on any atom is -0.451 e. The highest BCUT2D eigenvalue weighted by molar-refractivity contribution is 6.01. The third-order valence-corrected chi connectivity index (χ3v) is 8.23. The Morgan fingerprint density at radius 2 is 1.82 bits per heavy atom. The number of hydrogen-bond acceptors (Lipinski definition) is 6. The highest BCUT2D eigenvalue weighted by Gasteiger charge is 2.38. The van der Waals surface area contributed by atoms with E-state index in [1.54, 1.807) is 16.8 Å². The summed E-state index contributed by atoms with van der Waals surface area (Å²) in [5.41, 5.74) is 0.502. The maximum Gasteiger partial charge on any atom is 0.257 e. The number of piperidine rings is 1. The lowest BCUT2D eigenvalue weighted by Crippen LogP contribution is -2.62. The molecule has 40 heavy (non-hydrogen) atoms. The Balaban J connectivity index is 1.40. The molecule has 3 aromatic rings. The van der Waals surface area contributed by atoms with Crippen LogP contribution in [0.4, 0.5) is 10.1 Å². The summed E-state index contributed by atoms with van der Waals surface area (Å²) in [5.74, 6) is -0.235. The van der Waals surface area contributed by atoms with E-state index in [0.29, 0.717) is 23.5 Å². The summed E-state index contributed by atoms with van der Waals surface area (Å²) in [6.07, 6.45) is 5.40. The minimum atomic E-state index is -0.577. The Kier molecular flexibility index (Phi) is 6.62. The van der Waals surface area contributed by atoms with Crippen LogP contribution in [-0.2, 0) is 0 Å². The molecule has 6 rings (SSSR count). The van der Waals surface area contributed by atoms with E-state index >= 15 is 4.39 Å². The van der Waals surface area contributed by atoms with Gasteiger partial charge >= 0.3 is 0 Å². The number of ether oxygens (including phenoxy) is 1. The van der Waals surface area contributed by atoms with Crippen molar-refractivity contribution < 1.29 is 13.9 Å². The highest BCUT2D eigenvalue weighted by Crippen LogP contribution is 2.45. The van der Waals surface area contributed by atoms with E-state index in [-0.39, 0.29) is 39.5 Å². The number of anilines is 1. The zero-order valence-electron chi connectivity index (χ0n) is 23.7. The molecule has 0 saturated carbocycles. The number of amides is 1. The monoisotopic (exact) mass is 547 g/mol. The van der Waals surface area contributed by atoms with E-state index in [1.807, 2.05) is 18.2 Å². The average molecular weight is 548 g/mol. The number of halogens is 1. The Morgan fingerprint density at radius 1 is 1.12 bits per heavy atom. The van der Waals surface area contributed by atoms with Gasteiger partial charge < -0.3 is 30.2 Å². The summed E-state index contributed by atoms with van der Waals surface area (Å²) in [5, 5.41) is 10.1. The minimum absolute atomic E-state index is 0.0153. The fraction of sp³-hybridized carbons (Fsp3) is 0.484. The molecule has 9 heteroatoms. The molecule has 4 heterocycles. The molecule has 0 radical (unpaired) electrons. The van der Waals surface area contributed by atoms with Gasteiger partial charge in [0, 0.05) is 36.4 Å². The summed E-state index contributed by atoms with van der Waals surface area (Å²) in [6, 6.07) is 8.51. The molecule has 3 aliphatic rings. The van der Waals surface area contributed by atoms with Crippen molar-refractivity contribution in [3.05, 3.63) is 58.1 Å². The molecule has 3 aliphatic heterocycles. The van der Waals surface area contributed by atoms with Crippen molar-refractivity contribution >= 4 is 22.5 Å². The zero-order valence-corrected chi connectivity index (χ0v) is 23.7. The molecule has 1 aromatic heterocycles. The number of carbonyl (C=O) groups is 1. The Labute approximate surface area is 233 Å². The molecule has 2 aromatic carbocycles. The Hall–Kier alpha value is -3.43. The van der Waals surface area contributed by atoms with E-state index in [1.165, 1.54) is 18.9 Å². The fourth-order valence-corrected chi connectivity index (χ4v) is 6.93. The predicted molar refractivity (Wildman–Crippen MR) is 156 cm³/mol. The highest BCUT2D eigenvalue weighted by atomic mass is 19.1. The number of likely N-dealkylation sites (tertiary alicyclic amines) is 1. The van der Waals surface area contributed by atoms with E-state index in [0.717, 1.165) is 32.5 Å². The zero-order chi connectivity index (χ0) is 28.2. The van der Waals surface area contributed by atoms with E-state index in [2.05, 4.69) is 48.5 Å². The van der Waals surface area contributed by atoms with Crippen molar-refractivity contribution in [1.82, 2.24) is 20.1 Å². The second-order valence-electron chi connectivity index (χ2n) is 12.7. The molecular formula is C31H38FN5O3. The number of hydrogen-bond donors (Lipinski definition) is 3. The van der Waals surface area contributed by atoms with Crippen molar-refractivity contribution in [2.75, 3.05) is 31.5 Å². The van der Waals surface area contributed by atoms with Gasteiger partial charge in [-0.25, -0.2) is 4.39 Å². The molecule has 3 N–H and O–H groups in total. The van der Waals surface area contributed by atoms with Crippen LogP contribution in [0.25, 0.3) is 16.6 Å². The summed E-state index contributed by atoms with van der Waals surface area (Å²) in [6.45, 7) is 11.9. The summed E-state index contributed by atoms with van der Waals surface area (Å²) >= 11 is 0. The van der Waals surface area contributed by atoms with Crippen LogP contribution < -0.4 is 26.1 Å². The van der Waals surface area contributed by atoms with Crippen molar-refractivity contribution in [1.29, 1.82) is 0 Å². The Bertz CT molecular complexity index is 1520. The van der Waals surface area contributed by atoms with Crippen molar-refractivity contribution in [3.63, 3.8) is 0 Å². The molecular weight excluding hydrogens is 509 g/mol. The molecule has 0 aliphatic carbocycles. The third kappa shape index (κ3) is 4.97. The predicted octanol–water partition coefficient (Wildman–Crippen LogP) is 4.78. The van der Waals surface area contributed by atoms with Crippen LogP contribution >= 0.6 is 0 Å². The van der Waals surface area contributed by atoms with Crippen LogP contribution in [0, 0.1) is 5.82 Å².